The van der Waals surface area contributed by atoms with E-state index in [1.807, 2.05) is 26.0 Å². The minimum Gasteiger partial charge on any atom is -0.495 e. The van der Waals surface area contributed by atoms with Crippen molar-refractivity contribution in [2.24, 2.45) is 0 Å². The van der Waals surface area contributed by atoms with Crippen molar-refractivity contribution < 1.29 is 14.6 Å². The van der Waals surface area contributed by atoms with Crippen molar-refractivity contribution in [3.63, 3.8) is 0 Å². The fourth-order valence-corrected chi connectivity index (χ4v) is 1.75. The van der Waals surface area contributed by atoms with E-state index in [4.69, 9.17) is 4.74 Å². The lowest BCUT2D eigenvalue weighted by Gasteiger charge is -2.28. The molecule has 0 radical (unpaired) electrons. The molecule has 2 amide bonds. The number of anilines is 1. The topological polar surface area (TPSA) is 61.8 Å². The molecule has 1 atom stereocenters. The monoisotopic (exact) mass is 266 g/mol. The lowest BCUT2D eigenvalue weighted by Crippen LogP contribution is -2.43. The highest BCUT2D eigenvalue weighted by atomic mass is 16.5. The van der Waals surface area contributed by atoms with Crippen LogP contribution in [0.15, 0.2) is 24.3 Å². The number of hydrogen-bond donors (Lipinski definition) is 2. The number of hydrogen-bond acceptors (Lipinski definition) is 3. The molecule has 5 heteroatoms. The van der Waals surface area contributed by atoms with Crippen molar-refractivity contribution in [2.75, 3.05) is 19.0 Å². The molecule has 19 heavy (non-hydrogen) atoms. The Balaban J connectivity index is 2.81. The van der Waals surface area contributed by atoms with Gasteiger partial charge in [0.2, 0.25) is 0 Å². The second kappa shape index (κ2) is 6.99. The third-order valence-electron chi connectivity index (χ3n) is 2.69. The zero-order valence-electron chi connectivity index (χ0n) is 11.9. The predicted molar refractivity (Wildman–Crippen MR) is 75.5 cm³/mol. The highest BCUT2D eigenvalue weighted by molar-refractivity contribution is 5.91. The number of nitrogens with zero attached hydrogens (tertiary/aromatic N) is 1. The quantitative estimate of drug-likeness (QED) is 0.859. The molecular formula is C14H22N2O3. The maximum absolute atomic E-state index is 12.2. The van der Waals surface area contributed by atoms with Crippen LogP contribution in [-0.2, 0) is 0 Å². The Labute approximate surface area is 114 Å². The largest absolute Gasteiger partial charge is 0.495 e. The SMILES string of the molecule is COc1ccccc1NC(=O)N(CC(C)O)C(C)C. The minimum absolute atomic E-state index is 0.00399. The molecule has 0 saturated heterocycles. The number of benzene rings is 1. The van der Waals surface area contributed by atoms with Gasteiger partial charge in [0.1, 0.15) is 5.75 Å². The maximum atomic E-state index is 12.2. The summed E-state index contributed by atoms with van der Waals surface area (Å²) in [5.41, 5.74) is 0.617. The smallest absolute Gasteiger partial charge is 0.322 e. The van der Waals surface area contributed by atoms with Gasteiger partial charge in [0.15, 0.2) is 0 Å². The van der Waals surface area contributed by atoms with E-state index < -0.39 is 6.10 Å². The molecule has 0 saturated carbocycles. The van der Waals surface area contributed by atoms with E-state index in [1.165, 1.54) is 0 Å². The number of aliphatic hydroxyl groups excluding tert-OH is 1. The van der Waals surface area contributed by atoms with Gasteiger partial charge < -0.3 is 20.1 Å². The summed E-state index contributed by atoms with van der Waals surface area (Å²) in [6.45, 7) is 5.76. The molecular weight excluding hydrogens is 244 g/mol. The van der Waals surface area contributed by atoms with Gasteiger partial charge in [0.05, 0.1) is 18.9 Å². The normalized spacial score (nSPS) is 12.1. The zero-order valence-corrected chi connectivity index (χ0v) is 11.9. The van der Waals surface area contributed by atoms with Gasteiger partial charge in [-0.25, -0.2) is 4.79 Å². The molecule has 106 valence electrons. The Morgan fingerprint density at radius 3 is 2.53 bits per heavy atom. The van der Waals surface area contributed by atoms with E-state index in [2.05, 4.69) is 5.32 Å². The van der Waals surface area contributed by atoms with E-state index in [1.54, 1.807) is 31.1 Å². The van der Waals surface area contributed by atoms with Gasteiger partial charge >= 0.3 is 6.03 Å². The highest BCUT2D eigenvalue weighted by Crippen LogP contribution is 2.23. The first-order valence-electron chi connectivity index (χ1n) is 6.34. The summed E-state index contributed by atoms with van der Waals surface area (Å²) < 4.78 is 5.18. The molecule has 1 aromatic carbocycles. The summed E-state index contributed by atoms with van der Waals surface area (Å²) in [7, 11) is 1.56. The first kappa shape index (κ1) is 15.3. The van der Waals surface area contributed by atoms with Crippen molar-refractivity contribution in [1.29, 1.82) is 0 Å². The molecule has 5 nitrogen and oxygen atoms in total. The van der Waals surface area contributed by atoms with Crippen molar-refractivity contribution in [3.8, 4) is 5.75 Å². The molecule has 1 unspecified atom stereocenters. The number of carbonyl (C=O) groups is 1. The van der Waals surface area contributed by atoms with Crippen LogP contribution in [0.2, 0.25) is 0 Å². The summed E-state index contributed by atoms with van der Waals surface area (Å²) in [6.07, 6.45) is -0.564. The predicted octanol–water partition coefficient (Wildman–Crippen LogP) is 2.32. The second-order valence-electron chi connectivity index (χ2n) is 4.73. The second-order valence-corrected chi connectivity index (χ2v) is 4.73. The molecule has 0 spiro atoms. The number of nitrogens with one attached hydrogen (secondary N) is 1. The van der Waals surface area contributed by atoms with Gasteiger partial charge in [-0.3, -0.25) is 0 Å². The van der Waals surface area contributed by atoms with Crippen LogP contribution in [0.5, 0.6) is 5.75 Å². The molecule has 0 bridgehead atoms. The number of urea groups is 1. The fraction of sp³-hybridized carbons (Fsp3) is 0.500. The number of aliphatic hydroxyl groups is 1. The Hall–Kier alpha value is -1.75. The Bertz CT molecular complexity index is 419. The van der Waals surface area contributed by atoms with E-state index >= 15 is 0 Å². The molecule has 0 aromatic heterocycles. The molecule has 0 heterocycles. The Kier molecular flexibility index (Phi) is 5.63. The van der Waals surface area contributed by atoms with Crippen LogP contribution in [0.25, 0.3) is 0 Å². The van der Waals surface area contributed by atoms with Crippen molar-refractivity contribution in [3.05, 3.63) is 24.3 Å². The van der Waals surface area contributed by atoms with Crippen LogP contribution < -0.4 is 10.1 Å². The zero-order chi connectivity index (χ0) is 14.4. The number of carbonyl (C=O) groups excluding carboxylic acids is 1. The van der Waals surface area contributed by atoms with Gasteiger partial charge in [-0.2, -0.15) is 0 Å². The summed E-state index contributed by atoms with van der Waals surface area (Å²) in [4.78, 5) is 13.8. The van der Waals surface area contributed by atoms with Crippen LogP contribution in [0, 0.1) is 0 Å². The van der Waals surface area contributed by atoms with E-state index in [-0.39, 0.29) is 12.1 Å². The van der Waals surface area contributed by atoms with E-state index in [9.17, 15) is 9.90 Å². The average molecular weight is 266 g/mol. The number of rotatable bonds is 5. The standard InChI is InChI=1S/C14H22N2O3/c1-10(2)16(9-11(3)17)14(18)15-12-7-5-6-8-13(12)19-4/h5-8,10-11,17H,9H2,1-4H3,(H,15,18). The Morgan fingerprint density at radius 1 is 1.37 bits per heavy atom. The number of para-hydroxylation sites is 2. The van der Waals surface area contributed by atoms with Gasteiger partial charge in [0, 0.05) is 12.6 Å². The summed E-state index contributed by atoms with van der Waals surface area (Å²) in [5.74, 6) is 0.608. The number of ether oxygens (including phenoxy) is 1. The third-order valence-corrected chi connectivity index (χ3v) is 2.69. The van der Waals surface area contributed by atoms with Crippen LogP contribution in [0.3, 0.4) is 0 Å². The average Bonchev–Trinajstić information content (AvgIpc) is 2.36. The van der Waals surface area contributed by atoms with Gasteiger partial charge in [-0.15, -0.1) is 0 Å². The summed E-state index contributed by atoms with van der Waals surface area (Å²) >= 11 is 0. The third kappa shape index (κ3) is 4.44. The first-order chi connectivity index (χ1) is 8.95. The summed E-state index contributed by atoms with van der Waals surface area (Å²) in [5, 5.41) is 12.2. The minimum atomic E-state index is -0.564. The summed E-state index contributed by atoms with van der Waals surface area (Å²) in [6, 6.07) is 6.98. The fourth-order valence-electron chi connectivity index (χ4n) is 1.75. The van der Waals surface area contributed by atoms with Crippen molar-refractivity contribution in [1.82, 2.24) is 4.90 Å². The molecule has 1 rings (SSSR count). The Morgan fingerprint density at radius 2 is 2.00 bits per heavy atom. The lowest BCUT2D eigenvalue weighted by molar-refractivity contribution is 0.125. The highest BCUT2D eigenvalue weighted by Gasteiger charge is 2.19. The maximum Gasteiger partial charge on any atom is 0.322 e. The van der Waals surface area contributed by atoms with Crippen LogP contribution in [0.1, 0.15) is 20.8 Å². The van der Waals surface area contributed by atoms with Gasteiger partial charge in [0.25, 0.3) is 0 Å². The van der Waals surface area contributed by atoms with Crippen molar-refractivity contribution in [2.45, 2.75) is 32.9 Å². The molecule has 0 aliphatic heterocycles. The van der Waals surface area contributed by atoms with Crippen LogP contribution in [-0.4, -0.2) is 41.8 Å². The first-order valence-corrected chi connectivity index (χ1v) is 6.34. The van der Waals surface area contributed by atoms with Crippen LogP contribution >= 0.6 is 0 Å². The molecule has 1 aromatic rings. The van der Waals surface area contributed by atoms with Gasteiger partial charge in [-0.05, 0) is 32.9 Å². The van der Waals surface area contributed by atoms with Crippen LogP contribution in [0.4, 0.5) is 10.5 Å². The van der Waals surface area contributed by atoms with E-state index in [0.29, 0.717) is 18.0 Å². The van der Waals surface area contributed by atoms with E-state index in [0.717, 1.165) is 0 Å². The van der Waals surface area contributed by atoms with Crippen molar-refractivity contribution >= 4 is 11.7 Å². The number of amides is 2. The molecule has 0 aliphatic rings. The molecule has 0 fully saturated rings. The lowest BCUT2D eigenvalue weighted by atomic mass is 10.2. The molecule has 2 N–H and O–H groups in total. The van der Waals surface area contributed by atoms with Gasteiger partial charge in [-0.1, -0.05) is 12.1 Å². The molecule has 0 aliphatic carbocycles. The number of methoxy groups -OCH3 is 1.